The number of thioether (sulfide) groups is 1. The number of rotatable bonds is 1. The zero-order valence-corrected chi connectivity index (χ0v) is 10.8. The first-order valence-corrected chi connectivity index (χ1v) is 6.83. The molecular formula is C13H11N3O2S. The van der Waals surface area contributed by atoms with Crippen LogP contribution in [0.2, 0.25) is 0 Å². The summed E-state index contributed by atoms with van der Waals surface area (Å²) in [5, 5.41) is 4.08. The van der Waals surface area contributed by atoms with Gasteiger partial charge in [0, 0.05) is 22.7 Å². The summed E-state index contributed by atoms with van der Waals surface area (Å²) >= 11 is 1.51. The summed E-state index contributed by atoms with van der Waals surface area (Å²) in [4.78, 5) is 30.7. The quantitative estimate of drug-likeness (QED) is 0.824. The Morgan fingerprint density at radius 2 is 2.21 bits per heavy atom. The fourth-order valence-corrected chi connectivity index (χ4v) is 2.69. The van der Waals surface area contributed by atoms with Crippen molar-refractivity contribution in [2.45, 2.75) is 0 Å². The lowest BCUT2D eigenvalue weighted by molar-refractivity contribution is 0.0979. The summed E-state index contributed by atoms with van der Waals surface area (Å²) < 4.78 is 0. The molecule has 1 aliphatic rings. The number of amides is 1. The summed E-state index contributed by atoms with van der Waals surface area (Å²) in [6.45, 7) is 0.719. The lowest BCUT2D eigenvalue weighted by Crippen LogP contribution is -2.28. The topological polar surface area (TPSA) is 74.3 Å². The van der Waals surface area contributed by atoms with Crippen molar-refractivity contribution >= 4 is 33.7 Å². The molecule has 0 saturated carbocycles. The number of amidine groups is 1. The lowest BCUT2D eigenvalue weighted by Gasteiger charge is -2.06. The van der Waals surface area contributed by atoms with Crippen molar-refractivity contribution in [1.82, 2.24) is 10.3 Å². The second-order valence-electron chi connectivity index (χ2n) is 4.08. The molecule has 2 aromatic rings. The molecule has 96 valence electrons. The van der Waals surface area contributed by atoms with Gasteiger partial charge in [-0.3, -0.25) is 14.6 Å². The number of benzene rings is 1. The van der Waals surface area contributed by atoms with Crippen LogP contribution >= 0.6 is 11.8 Å². The van der Waals surface area contributed by atoms with Crippen LogP contribution in [0.15, 0.2) is 40.1 Å². The zero-order chi connectivity index (χ0) is 13.2. The summed E-state index contributed by atoms with van der Waals surface area (Å²) in [5.74, 6) is 0.585. The fraction of sp³-hybridized carbons (Fsp3) is 0.154. The van der Waals surface area contributed by atoms with E-state index in [1.165, 1.54) is 17.8 Å². The van der Waals surface area contributed by atoms with E-state index in [0.29, 0.717) is 16.2 Å². The summed E-state index contributed by atoms with van der Waals surface area (Å²) in [5.41, 5.74) is 0.737. The number of nitrogens with one attached hydrogen (secondary N) is 2. The SMILES string of the molecule is O=C(NC1=NCCS1)c1cc(=O)[nH]c2ccccc12. The molecule has 0 spiro atoms. The van der Waals surface area contributed by atoms with E-state index in [1.807, 2.05) is 18.2 Å². The number of hydrogen-bond donors (Lipinski definition) is 2. The number of aliphatic imine (C=N–C) groups is 1. The van der Waals surface area contributed by atoms with Gasteiger partial charge >= 0.3 is 0 Å². The van der Waals surface area contributed by atoms with Crippen LogP contribution in [0.4, 0.5) is 0 Å². The highest BCUT2D eigenvalue weighted by Crippen LogP contribution is 2.15. The third kappa shape index (κ3) is 2.39. The Morgan fingerprint density at radius 1 is 1.37 bits per heavy atom. The molecule has 0 aliphatic carbocycles. The first-order chi connectivity index (χ1) is 9.24. The molecule has 0 bridgehead atoms. The number of hydrogen-bond acceptors (Lipinski definition) is 4. The largest absolute Gasteiger partial charge is 0.322 e. The zero-order valence-electron chi connectivity index (χ0n) is 9.97. The van der Waals surface area contributed by atoms with Crippen LogP contribution in [0.25, 0.3) is 10.9 Å². The van der Waals surface area contributed by atoms with E-state index < -0.39 is 0 Å². The van der Waals surface area contributed by atoms with Crippen molar-refractivity contribution < 1.29 is 4.79 Å². The Hall–Kier alpha value is -2.08. The maximum Gasteiger partial charge on any atom is 0.258 e. The minimum atomic E-state index is -0.296. The molecule has 2 N–H and O–H groups in total. The van der Waals surface area contributed by atoms with Crippen LogP contribution in [0.3, 0.4) is 0 Å². The van der Waals surface area contributed by atoms with Crippen molar-refractivity contribution in [2.75, 3.05) is 12.3 Å². The van der Waals surface area contributed by atoms with Gasteiger partial charge in [0.1, 0.15) is 0 Å². The molecule has 1 aromatic heterocycles. The summed E-state index contributed by atoms with van der Waals surface area (Å²) in [6.07, 6.45) is 0. The van der Waals surface area contributed by atoms with Crippen molar-refractivity contribution in [2.24, 2.45) is 4.99 Å². The van der Waals surface area contributed by atoms with E-state index in [4.69, 9.17) is 0 Å². The number of carbonyl (C=O) groups is 1. The Labute approximate surface area is 113 Å². The number of para-hydroxylation sites is 1. The molecule has 1 aromatic carbocycles. The number of aromatic nitrogens is 1. The van der Waals surface area contributed by atoms with Gasteiger partial charge < -0.3 is 10.3 Å². The molecule has 0 fully saturated rings. The van der Waals surface area contributed by atoms with E-state index in [9.17, 15) is 9.59 Å². The normalized spacial score (nSPS) is 14.4. The van der Waals surface area contributed by atoms with E-state index >= 15 is 0 Å². The molecule has 0 unspecified atom stereocenters. The molecule has 3 rings (SSSR count). The van der Waals surface area contributed by atoms with Crippen molar-refractivity contribution in [3.05, 3.63) is 46.2 Å². The molecular weight excluding hydrogens is 262 g/mol. The van der Waals surface area contributed by atoms with E-state index in [0.717, 1.165) is 17.7 Å². The number of pyridine rings is 1. The molecule has 1 amide bonds. The number of carbonyl (C=O) groups excluding carboxylic acids is 1. The lowest BCUT2D eigenvalue weighted by atomic mass is 10.1. The Kier molecular flexibility index (Phi) is 3.08. The first kappa shape index (κ1) is 12.0. The minimum Gasteiger partial charge on any atom is -0.322 e. The fourth-order valence-electron chi connectivity index (χ4n) is 1.97. The van der Waals surface area contributed by atoms with E-state index in [2.05, 4.69) is 15.3 Å². The average molecular weight is 273 g/mol. The van der Waals surface area contributed by atoms with Crippen molar-refractivity contribution in [3.8, 4) is 0 Å². The summed E-state index contributed by atoms with van der Waals surface area (Å²) in [7, 11) is 0. The Bertz CT molecular complexity index is 736. The predicted molar refractivity (Wildman–Crippen MR) is 76.8 cm³/mol. The van der Waals surface area contributed by atoms with Gasteiger partial charge in [-0.2, -0.15) is 0 Å². The average Bonchev–Trinajstić information content (AvgIpc) is 2.90. The number of aromatic amines is 1. The van der Waals surface area contributed by atoms with Gasteiger partial charge in [0.25, 0.3) is 5.91 Å². The Balaban J connectivity index is 2.03. The molecule has 6 heteroatoms. The predicted octanol–water partition coefficient (Wildman–Crippen LogP) is 1.36. The third-order valence-corrected chi connectivity index (χ3v) is 3.69. The van der Waals surface area contributed by atoms with E-state index in [-0.39, 0.29) is 11.5 Å². The molecule has 0 atom stereocenters. The van der Waals surface area contributed by atoms with Crippen LogP contribution in [0.1, 0.15) is 10.4 Å². The summed E-state index contributed by atoms with van der Waals surface area (Å²) in [6, 6.07) is 8.55. The van der Waals surface area contributed by atoms with Crippen LogP contribution in [0.5, 0.6) is 0 Å². The van der Waals surface area contributed by atoms with E-state index in [1.54, 1.807) is 6.07 Å². The molecule has 0 radical (unpaired) electrons. The number of nitrogens with zero attached hydrogens (tertiary/aromatic N) is 1. The maximum atomic E-state index is 12.2. The van der Waals surface area contributed by atoms with Gasteiger partial charge in [-0.1, -0.05) is 30.0 Å². The van der Waals surface area contributed by atoms with Gasteiger partial charge in [-0.15, -0.1) is 0 Å². The second-order valence-corrected chi connectivity index (χ2v) is 5.17. The monoisotopic (exact) mass is 273 g/mol. The van der Waals surface area contributed by atoms with Crippen molar-refractivity contribution in [3.63, 3.8) is 0 Å². The van der Waals surface area contributed by atoms with Gasteiger partial charge in [-0.25, -0.2) is 0 Å². The molecule has 5 nitrogen and oxygen atoms in total. The highest BCUT2D eigenvalue weighted by atomic mass is 32.2. The third-order valence-electron chi connectivity index (χ3n) is 2.80. The molecule has 0 saturated heterocycles. The van der Waals surface area contributed by atoms with Crippen molar-refractivity contribution in [1.29, 1.82) is 0 Å². The van der Waals surface area contributed by atoms with Crippen LogP contribution in [-0.2, 0) is 0 Å². The van der Waals surface area contributed by atoms with Gasteiger partial charge in [-0.05, 0) is 6.07 Å². The van der Waals surface area contributed by atoms with Crippen LogP contribution in [0, 0.1) is 0 Å². The Morgan fingerprint density at radius 3 is 3.00 bits per heavy atom. The molecule has 19 heavy (non-hydrogen) atoms. The smallest absolute Gasteiger partial charge is 0.258 e. The molecule has 2 heterocycles. The first-order valence-electron chi connectivity index (χ1n) is 5.85. The maximum absolute atomic E-state index is 12.2. The van der Waals surface area contributed by atoms with Gasteiger partial charge in [0.05, 0.1) is 12.1 Å². The van der Waals surface area contributed by atoms with Crippen LogP contribution < -0.4 is 10.9 Å². The number of H-pyrrole nitrogens is 1. The molecule has 1 aliphatic heterocycles. The highest BCUT2D eigenvalue weighted by molar-refractivity contribution is 8.14. The van der Waals surface area contributed by atoms with Gasteiger partial charge in [0.2, 0.25) is 5.56 Å². The number of fused-ring (bicyclic) bond motifs is 1. The highest BCUT2D eigenvalue weighted by Gasteiger charge is 2.15. The van der Waals surface area contributed by atoms with Gasteiger partial charge in [0.15, 0.2) is 5.17 Å². The van der Waals surface area contributed by atoms with Crippen LogP contribution in [-0.4, -0.2) is 28.4 Å². The second kappa shape index (κ2) is 4.89. The minimum absolute atomic E-state index is 0.287. The standard InChI is InChI=1S/C13H11N3O2S/c17-11-7-9(8-3-1-2-4-10(8)15-11)12(18)16-13-14-5-6-19-13/h1-4,7H,5-6H2,(H,15,17)(H,14,16,18).